The largest absolute Gasteiger partial charge is 0.435 e. The van der Waals surface area contributed by atoms with Crippen molar-refractivity contribution in [2.45, 2.75) is 32.7 Å². The summed E-state index contributed by atoms with van der Waals surface area (Å²) in [7, 11) is 1.60. The van der Waals surface area contributed by atoms with Crippen LogP contribution < -0.4 is 0 Å². The number of ether oxygens (including phenoxy) is 2. The van der Waals surface area contributed by atoms with E-state index in [2.05, 4.69) is 5.10 Å². The minimum absolute atomic E-state index is 0.0504. The zero-order valence-electron chi connectivity index (χ0n) is 13.7. The molecule has 0 saturated carbocycles. The molecule has 2 aliphatic rings. The van der Waals surface area contributed by atoms with Crippen molar-refractivity contribution in [2.24, 2.45) is 5.41 Å². The highest BCUT2D eigenvalue weighted by atomic mass is 19.4. The first-order chi connectivity index (χ1) is 11.2. The Morgan fingerprint density at radius 1 is 1.42 bits per heavy atom. The van der Waals surface area contributed by atoms with Crippen LogP contribution in [0.4, 0.5) is 13.2 Å². The highest BCUT2D eigenvalue weighted by Gasteiger charge is 2.43. The van der Waals surface area contributed by atoms with Gasteiger partial charge in [-0.2, -0.15) is 18.3 Å². The molecule has 1 amide bonds. The number of methoxy groups -OCH3 is 1. The molecule has 0 N–H and O–H groups in total. The van der Waals surface area contributed by atoms with Crippen molar-refractivity contribution in [2.75, 3.05) is 33.4 Å². The number of fused-ring (bicyclic) bond motifs is 1. The van der Waals surface area contributed by atoms with E-state index in [1.165, 1.54) is 4.68 Å². The SMILES string of the molecule is COCC1(C)CN(C(=O)Cn2nc(C(F)(F)F)c3c2CCOC3)C1. The Bertz CT molecular complexity index is 636. The smallest absolute Gasteiger partial charge is 0.384 e. The molecule has 0 spiro atoms. The number of alkyl halides is 3. The zero-order chi connectivity index (χ0) is 17.5. The van der Waals surface area contributed by atoms with Crippen LogP contribution in [0.5, 0.6) is 0 Å². The first-order valence-electron chi connectivity index (χ1n) is 7.74. The van der Waals surface area contributed by atoms with Crippen molar-refractivity contribution in [3.8, 4) is 0 Å². The minimum Gasteiger partial charge on any atom is -0.384 e. The number of aromatic nitrogens is 2. The lowest BCUT2D eigenvalue weighted by atomic mass is 9.83. The van der Waals surface area contributed by atoms with E-state index in [9.17, 15) is 18.0 Å². The number of carbonyl (C=O) groups excluding carboxylic acids is 1. The number of rotatable bonds is 4. The number of likely N-dealkylation sites (tertiary alicyclic amines) is 1. The number of halogens is 3. The van der Waals surface area contributed by atoms with Crippen molar-refractivity contribution < 1.29 is 27.4 Å². The average molecular weight is 347 g/mol. The number of nitrogens with zero attached hydrogens (tertiary/aromatic N) is 3. The highest BCUT2D eigenvalue weighted by molar-refractivity contribution is 5.77. The maximum Gasteiger partial charge on any atom is 0.435 e. The summed E-state index contributed by atoms with van der Waals surface area (Å²) in [5, 5.41) is 3.66. The van der Waals surface area contributed by atoms with Crippen LogP contribution in [0, 0.1) is 5.41 Å². The second-order valence-electron chi connectivity index (χ2n) is 6.73. The molecule has 0 radical (unpaired) electrons. The summed E-state index contributed by atoms with van der Waals surface area (Å²) in [4.78, 5) is 14.0. The highest BCUT2D eigenvalue weighted by Crippen LogP contribution is 2.35. The molecular formula is C15H20F3N3O3. The lowest BCUT2D eigenvalue weighted by molar-refractivity contribution is -0.147. The Hall–Kier alpha value is -1.61. The van der Waals surface area contributed by atoms with Crippen molar-refractivity contribution >= 4 is 5.91 Å². The number of hydrogen-bond donors (Lipinski definition) is 0. The number of amides is 1. The summed E-state index contributed by atoms with van der Waals surface area (Å²) in [6, 6.07) is 0. The molecule has 0 unspecified atom stereocenters. The minimum atomic E-state index is -4.55. The van der Waals surface area contributed by atoms with Crippen molar-refractivity contribution in [1.29, 1.82) is 0 Å². The van der Waals surface area contributed by atoms with Gasteiger partial charge < -0.3 is 14.4 Å². The van der Waals surface area contributed by atoms with Crippen LogP contribution in [-0.4, -0.2) is 54.0 Å². The fraction of sp³-hybridized carbons (Fsp3) is 0.733. The predicted octanol–water partition coefficient (Wildman–Crippen LogP) is 1.47. The molecule has 3 rings (SSSR count). The number of hydrogen-bond acceptors (Lipinski definition) is 4. The summed E-state index contributed by atoms with van der Waals surface area (Å²) in [5.74, 6) is -0.228. The Balaban J connectivity index is 1.74. The lowest BCUT2D eigenvalue weighted by Crippen LogP contribution is -2.59. The van der Waals surface area contributed by atoms with E-state index in [0.29, 0.717) is 38.4 Å². The van der Waals surface area contributed by atoms with Gasteiger partial charge in [-0.05, 0) is 0 Å². The first kappa shape index (κ1) is 17.2. The van der Waals surface area contributed by atoms with Gasteiger partial charge in [0.05, 0.1) is 19.8 Å². The molecule has 0 atom stereocenters. The lowest BCUT2D eigenvalue weighted by Gasteiger charge is -2.47. The maximum atomic E-state index is 13.1. The Morgan fingerprint density at radius 2 is 2.12 bits per heavy atom. The van der Waals surface area contributed by atoms with Gasteiger partial charge in [0.1, 0.15) is 6.54 Å². The van der Waals surface area contributed by atoms with Gasteiger partial charge in [0.15, 0.2) is 5.69 Å². The molecule has 134 valence electrons. The second kappa shape index (κ2) is 6.03. The molecule has 1 aromatic heterocycles. The van der Waals surface area contributed by atoms with Gasteiger partial charge in [-0.25, -0.2) is 0 Å². The van der Waals surface area contributed by atoms with Gasteiger partial charge in [-0.3, -0.25) is 9.48 Å². The Kier molecular flexibility index (Phi) is 4.33. The Morgan fingerprint density at radius 3 is 2.75 bits per heavy atom. The monoisotopic (exact) mass is 347 g/mol. The molecule has 1 saturated heterocycles. The normalized spacial score (nSPS) is 19.8. The summed E-state index contributed by atoms with van der Waals surface area (Å²) in [6.07, 6.45) is -4.22. The topological polar surface area (TPSA) is 56.6 Å². The van der Waals surface area contributed by atoms with Crippen LogP contribution in [0.25, 0.3) is 0 Å². The maximum absolute atomic E-state index is 13.1. The zero-order valence-corrected chi connectivity index (χ0v) is 13.7. The molecular weight excluding hydrogens is 327 g/mol. The van der Waals surface area contributed by atoms with Gasteiger partial charge in [0, 0.05) is 43.3 Å². The van der Waals surface area contributed by atoms with Crippen molar-refractivity contribution in [3.63, 3.8) is 0 Å². The van der Waals surface area contributed by atoms with E-state index in [0.717, 1.165) is 0 Å². The van der Waals surface area contributed by atoms with E-state index >= 15 is 0 Å². The average Bonchev–Trinajstić information content (AvgIpc) is 2.84. The fourth-order valence-corrected chi connectivity index (χ4v) is 3.39. The third kappa shape index (κ3) is 3.14. The van der Waals surface area contributed by atoms with Crippen LogP contribution in [0.15, 0.2) is 0 Å². The van der Waals surface area contributed by atoms with E-state index < -0.39 is 11.9 Å². The molecule has 1 fully saturated rings. The molecule has 3 heterocycles. The van der Waals surface area contributed by atoms with Crippen LogP contribution in [0.1, 0.15) is 23.9 Å². The van der Waals surface area contributed by atoms with E-state index in [1.807, 2.05) is 6.92 Å². The summed E-state index contributed by atoms with van der Waals surface area (Å²) >= 11 is 0. The standard InChI is InChI=1S/C15H20F3N3O3/c1-14(9-23-2)7-20(8-14)12(22)5-21-11-3-4-24-6-10(11)13(19-21)15(16,17)18/h3-9H2,1-2H3. The van der Waals surface area contributed by atoms with E-state index in [-0.39, 0.29) is 30.0 Å². The van der Waals surface area contributed by atoms with E-state index in [4.69, 9.17) is 9.47 Å². The van der Waals surface area contributed by atoms with Crippen LogP contribution in [0.2, 0.25) is 0 Å². The molecule has 6 nitrogen and oxygen atoms in total. The predicted molar refractivity (Wildman–Crippen MR) is 77.2 cm³/mol. The third-order valence-corrected chi connectivity index (χ3v) is 4.44. The van der Waals surface area contributed by atoms with Gasteiger partial charge in [0.2, 0.25) is 5.91 Å². The third-order valence-electron chi connectivity index (χ3n) is 4.44. The first-order valence-corrected chi connectivity index (χ1v) is 7.74. The fourth-order valence-electron chi connectivity index (χ4n) is 3.39. The Labute approximate surface area is 137 Å². The van der Waals surface area contributed by atoms with Crippen molar-refractivity contribution in [1.82, 2.24) is 14.7 Å². The summed E-state index contributed by atoms with van der Waals surface area (Å²) in [5.41, 5.74) is -0.534. The molecule has 24 heavy (non-hydrogen) atoms. The van der Waals surface area contributed by atoms with Gasteiger partial charge in [-0.1, -0.05) is 6.92 Å². The van der Waals surface area contributed by atoms with Crippen LogP contribution in [0.3, 0.4) is 0 Å². The van der Waals surface area contributed by atoms with Crippen LogP contribution >= 0.6 is 0 Å². The molecule has 0 bridgehead atoms. The van der Waals surface area contributed by atoms with Crippen molar-refractivity contribution in [3.05, 3.63) is 17.0 Å². The quantitative estimate of drug-likeness (QED) is 0.828. The van der Waals surface area contributed by atoms with Gasteiger partial charge >= 0.3 is 6.18 Å². The molecule has 0 aliphatic carbocycles. The molecule has 2 aliphatic heterocycles. The van der Waals surface area contributed by atoms with Gasteiger partial charge in [-0.15, -0.1) is 0 Å². The second-order valence-corrected chi connectivity index (χ2v) is 6.73. The van der Waals surface area contributed by atoms with Gasteiger partial charge in [0.25, 0.3) is 0 Å². The molecule has 1 aromatic rings. The van der Waals surface area contributed by atoms with Crippen LogP contribution in [-0.2, 0) is 40.0 Å². The molecule has 0 aromatic carbocycles. The van der Waals surface area contributed by atoms with E-state index in [1.54, 1.807) is 12.0 Å². The summed E-state index contributed by atoms with van der Waals surface area (Å²) in [6.45, 7) is 3.67. The number of carbonyl (C=O) groups is 1. The molecule has 9 heteroatoms. The summed E-state index contributed by atoms with van der Waals surface area (Å²) < 4.78 is 50.8.